The molecule has 5 aliphatic rings. The van der Waals surface area contributed by atoms with Gasteiger partial charge in [0.05, 0.1) is 36.4 Å². The number of carbonyl (C=O) groups excluding carboxylic acids is 4. The summed E-state index contributed by atoms with van der Waals surface area (Å²) in [5.41, 5.74) is 1.20. The van der Waals surface area contributed by atoms with Gasteiger partial charge >= 0.3 is 12.1 Å². The molecule has 0 radical (unpaired) electrons. The monoisotopic (exact) mass is 974 g/mol. The smallest absolute Gasteiger partial charge is 0.410 e. The summed E-state index contributed by atoms with van der Waals surface area (Å²) in [4.78, 5) is 73.0. The van der Waals surface area contributed by atoms with Gasteiger partial charge in [0.2, 0.25) is 0 Å². The Morgan fingerprint density at radius 3 is 2.44 bits per heavy atom. The minimum absolute atomic E-state index is 0.0188. The van der Waals surface area contributed by atoms with E-state index in [0.29, 0.717) is 45.3 Å². The second-order valence-corrected chi connectivity index (χ2v) is 20.7. The molecule has 5 aliphatic heterocycles. The molecule has 19 nitrogen and oxygen atoms in total. The Labute approximate surface area is 412 Å². The average Bonchev–Trinajstić information content (AvgIpc) is 4.20. The fourth-order valence-corrected chi connectivity index (χ4v) is 11.8. The highest BCUT2D eigenvalue weighted by atomic mass is 16.8. The van der Waals surface area contributed by atoms with Crippen molar-refractivity contribution in [3.8, 4) is 11.3 Å². The minimum Gasteiger partial charge on any atom is -0.458 e. The zero-order valence-corrected chi connectivity index (χ0v) is 42.6. The largest absolute Gasteiger partial charge is 0.458 e. The molecule has 19 heteroatoms. The van der Waals surface area contributed by atoms with E-state index >= 15 is 4.79 Å². The second-order valence-electron chi connectivity index (χ2n) is 20.7. The molecule has 3 aromatic rings. The van der Waals surface area contributed by atoms with Crippen LogP contribution in [-0.4, -0.2) is 169 Å². The zero-order chi connectivity index (χ0) is 49.9. The first-order chi connectivity index (χ1) is 33.5. The summed E-state index contributed by atoms with van der Waals surface area (Å²) in [6.45, 7) is 18.0. The van der Waals surface area contributed by atoms with Gasteiger partial charge in [-0.3, -0.25) is 24.0 Å². The Bertz CT molecular complexity index is 2270. The number of rotatable bonds is 15. The van der Waals surface area contributed by atoms with Crippen LogP contribution in [0, 0.1) is 23.7 Å². The molecule has 0 aliphatic carbocycles. The van der Waals surface area contributed by atoms with E-state index in [0.717, 1.165) is 43.1 Å². The Morgan fingerprint density at radius 1 is 0.943 bits per heavy atom. The number of carbonyl (C=O) groups is 4. The molecule has 384 valence electrons. The summed E-state index contributed by atoms with van der Waals surface area (Å²) in [6, 6.07) is 2.81. The van der Waals surface area contributed by atoms with E-state index < -0.39 is 83.5 Å². The number of aryl methyl sites for hydroxylation is 1. The number of fused-ring (bicyclic) bond motifs is 3. The molecule has 8 heterocycles. The number of likely N-dealkylation sites (N-methyl/N-ethyl adjacent to an activating group) is 1. The summed E-state index contributed by atoms with van der Waals surface area (Å²) in [7, 11) is 3.55. The maximum atomic E-state index is 15.1. The van der Waals surface area contributed by atoms with Crippen molar-refractivity contribution in [2.75, 3.05) is 46.9 Å². The minimum atomic E-state index is -1.62. The highest BCUT2D eigenvalue weighted by Crippen LogP contribution is 2.46. The van der Waals surface area contributed by atoms with E-state index in [4.69, 9.17) is 28.4 Å². The number of esters is 1. The molecule has 5 fully saturated rings. The normalized spacial score (nSPS) is 34.5. The number of cyclic esters (lactones) is 1. The van der Waals surface area contributed by atoms with Gasteiger partial charge in [-0.05, 0) is 91.6 Å². The summed E-state index contributed by atoms with van der Waals surface area (Å²) >= 11 is 0. The molecule has 0 saturated carbocycles. The molecule has 8 rings (SSSR count). The fraction of sp³-hybridized carbons (Fsp3) is 0.725. The summed E-state index contributed by atoms with van der Waals surface area (Å²) in [5, 5.41) is 8.89. The van der Waals surface area contributed by atoms with Gasteiger partial charge in [0.25, 0.3) is 0 Å². The molecule has 5 saturated heterocycles. The van der Waals surface area contributed by atoms with Crippen LogP contribution in [0.25, 0.3) is 11.3 Å². The number of ether oxygens (including phenoxy) is 6. The first-order valence-corrected chi connectivity index (χ1v) is 25.6. The van der Waals surface area contributed by atoms with Crippen molar-refractivity contribution in [1.29, 1.82) is 0 Å². The number of methoxy groups -OCH3 is 1. The van der Waals surface area contributed by atoms with E-state index in [9.17, 15) is 14.4 Å². The molecular formula is C51H75N9O10. The molecule has 1 amide bonds. The van der Waals surface area contributed by atoms with Gasteiger partial charge < -0.3 is 47.7 Å². The van der Waals surface area contributed by atoms with Crippen molar-refractivity contribution in [3.05, 3.63) is 48.9 Å². The predicted octanol–water partition coefficient (Wildman–Crippen LogP) is 5.20. The van der Waals surface area contributed by atoms with Crippen LogP contribution < -0.4 is 0 Å². The lowest BCUT2D eigenvalue weighted by molar-refractivity contribution is -0.424. The lowest BCUT2D eigenvalue weighted by Gasteiger charge is -2.55. The number of hydrogen-bond acceptors (Lipinski definition) is 16. The molecule has 0 unspecified atom stereocenters. The molecule has 70 heavy (non-hydrogen) atoms. The van der Waals surface area contributed by atoms with Crippen molar-refractivity contribution >= 4 is 23.6 Å². The number of likely N-dealkylation sites (tertiary alicyclic amines) is 1. The first-order valence-electron chi connectivity index (χ1n) is 25.6. The standard InChI is InChI=1S/C51H75N9O10/c1-10-41-50(7)45(60(49(64)70-50)22-14-13-21-58-30-39(53-31-58)37-16-15-18-52-28-37)34(4)42(61)32(2)27-51(65-9)46(35(5)43(62)36(6)47(63)67-41)68-48-44(69-51)40(26-33(3)66-48)56(8)23-17-38-29-59(55-54-38)25-24-57-19-11-12-20-57/h15-16,18,28-36,40-41,44-46,48H,10-14,17,19-27H2,1-9H3/t32-,33-,34+,35+,36-,40+,41-,44-,45-,46-,48+,50-,51+/m1/s1. The van der Waals surface area contributed by atoms with Gasteiger partial charge in [-0.1, -0.05) is 32.9 Å². The van der Waals surface area contributed by atoms with E-state index in [2.05, 4.69) is 30.1 Å². The summed E-state index contributed by atoms with van der Waals surface area (Å²) in [5.74, 6) is -6.67. The summed E-state index contributed by atoms with van der Waals surface area (Å²) < 4.78 is 43.3. The van der Waals surface area contributed by atoms with E-state index in [-0.39, 0.29) is 30.8 Å². The second kappa shape index (κ2) is 22.0. The maximum Gasteiger partial charge on any atom is 0.410 e. The van der Waals surface area contributed by atoms with Crippen molar-refractivity contribution in [2.24, 2.45) is 23.7 Å². The lowest BCUT2D eigenvalue weighted by Crippen LogP contribution is -2.69. The van der Waals surface area contributed by atoms with Crippen molar-refractivity contribution in [2.45, 2.75) is 167 Å². The molecule has 13 atom stereocenters. The zero-order valence-electron chi connectivity index (χ0n) is 42.6. The van der Waals surface area contributed by atoms with Crippen LogP contribution in [0.5, 0.6) is 0 Å². The van der Waals surface area contributed by atoms with Crippen molar-refractivity contribution < 1.29 is 47.6 Å². The van der Waals surface area contributed by atoms with Gasteiger partial charge in [-0.15, -0.1) is 5.10 Å². The van der Waals surface area contributed by atoms with Crippen LogP contribution in [-0.2, 0) is 62.3 Å². The topological polar surface area (TPSA) is 195 Å². The van der Waals surface area contributed by atoms with Gasteiger partial charge in [0, 0.05) is 100 Å². The first kappa shape index (κ1) is 51.7. The van der Waals surface area contributed by atoms with Crippen LogP contribution in [0.1, 0.15) is 99.1 Å². The van der Waals surface area contributed by atoms with E-state index in [1.807, 2.05) is 68.5 Å². The summed E-state index contributed by atoms with van der Waals surface area (Å²) in [6.07, 6.45) is 10.2. The number of unbranched alkanes of at least 4 members (excludes halogenated alkanes) is 1. The number of amides is 1. The van der Waals surface area contributed by atoms with Crippen LogP contribution in [0.15, 0.2) is 43.2 Å². The number of ketones is 2. The van der Waals surface area contributed by atoms with Crippen LogP contribution in [0.2, 0.25) is 0 Å². The fourth-order valence-electron chi connectivity index (χ4n) is 11.8. The molecule has 0 bridgehead atoms. The van der Waals surface area contributed by atoms with Crippen LogP contribution >= 0.6 is 0 Å². The number of imidazole rings is 1. The lowest BCUT2D eigenvalue weighted by atomic mass is 9.75. The van der Waals surface area contributed by atoms with Crippen molar-refractivity contribution in [3.63, 3.8) is 0 Å². The molecule has 0 spiro atoms. The Morgan fingerprint density at radius 2 is 1.71 bits per heavy atom. The van der Waals surface area contributed by atoms with Crippen LogP contribution in [0.3, 0.4) is 0 Å². The van der Waals surface area contributed by atoms with Gasteiger partial charge in [0.15, 0.2) is 23.5 Å². The highest BCUT2D eigenvalue weighted by molar-refractivity contribution is 6.00. The number of aromatic nitrogens is 6. The van der Waals surface area contributed by atoms with Crippen molar-refractivity contribution in [1.82, 2.24) is 44.2 Å². The van der Waals surface area contributed by atoms with Crippen LogP contribution in [0.4, 0.5) is 4.79 Å². The third-order valence-corrected chi connectivity index (χ3v) is 15.8. The number of hydrogen-bond donors (Lipinski definition) is 0. The SMILES string of the molecule is CC[C@H]1OC(=O)[C@H](C)C(=O)[C@H](C)[C@H]2O[C@@H]3O[C@H](C)C[C@H](N(C)CCc4cn(CCN5CCCC5)nn4)[C@H]3O[C@@]2(OC)C[C@@H](C)C(=O)[C@H](C)[C@H]2N(CCCCn3cnc(-c4cccnc4)c3)C(=O)O[C@]12C. The quantitative estimate of drug-likeness (QED) is 0.109. The highest BCUT2D eigenvalue weighted by Gasteiger charge is 2.62. The Kier molecular flexibility index (Phi) is 16.2. The predicted molar refractivity (Wildman–Crippen MR) is 256 cm³/mol. The van der Waals surface area contributed by atoms with Gasteiger partial charge in [-0.2, -0.15) is 0 Å². The Balaban J connectivity index is 1.02. The molecule has 3 aromatic heterocycles. The molecule has 0 N–H and O–H groups in total. The van der Waals surface area contributed by atoms with Gasteiger partial charge in [-0.25, -0.2) is 9.78 Å². The number of nitrogens with zero attached hydrogens (tertiary/aromatic N) is 9. The third kappa shape index (κ3) is 10.7. The third-order valence-electron chi connectivity index (χ3n) is 15.8. The van der Waals surface area contributed by atoms with E-state index in [1.165, 1.54) is 26.9 Å². The Hall–Kier alpha value is -4.66. The molecule has 0 aromatic carbocycles. The average molecular weight is 974 g/mol. The van der Waals surface area contributed by atoms with Gasteiger partial charge in [0.1, 0.15) is 30.0 Å². The number of Topliss-reactive ketones (excluding diaryl/α,β-unsaturated/α-hetero) is 2. The molecular weight excluding hydrogens is 899 g/mol. The number of pyridine rings is 1. The van der Waals surface area contributed by atoms with E-state index in [1.54, 1.807) is 37.5 Å². The maximum absolute atomic E-state index is 15.1.